The van der Waals surface area contributed by atoms with Crippen LogP contribution >= 0.6 is 0 Å². The minimum atomic E-state index is -0.442. The second kappa shape index (κ2) is 12.7. The zero-order valence-electron chi connectivity index (χ0n) is 23.6. The molecule has 2 atom stereocenters. The first-order valence-electron chi connectivity index (χ1n) is 13.9. The molecule has 0 fully saturated rings. The predicted octanol–water partition coefficient (Wildman–Crippen LogP) is 7.03. The van der Waals surface area contributed by atoms with E-state index in [-0.39, 0.29) is 40.9 Å². The first kappa shape index (κ1) is 28.6. The van der Waals surface area contributed by atoms with Crippen molar-refractivity contribution in [2.75, 3.05) is 14.2 Å². The lowest BCUT2D eigenvalue weighted by Gasteiger charge is -2.35. The number of rotatable bonds is 10. The number of hydrogen-bond donors (Lipinski definition) is 3. The molecule has 0 saturated heterocycles. The Morgan fingerprint density at radius 1 is 0.905 bits per heavy atom. The molecule has 7 heteroatoms. The molecule has 0 saturated carbocycles. The van der Waals surface area contributed by atoms with Gasteiger partial charge in [0.2, 0.25) is 0 Å². The topological polar surface area (TPSA) is 105 Å². The Balaban J connectivity index is 1.46. The number of Topliss-reactive ketones (excluding diaryl/α,β-unsaturated/α-hetero) is 1. The van der Waals surface area contributed by atoms with E-state index < -0.39 is 6.10 Å². The summed E-state index contributed by atoms with van der Waals surface area (Å²) < 4.78 is 17.5. The third kappa shape index (κ3) is 6.36. The summed E-state index contributed by atoms with van der Waals surface area (Å²) in [5.41, 5.74) is 3.68. The summed E-state index contributed by atoms with van der Waals surface area (Å²) in [4.78, 5) is 13.6. The first-order chi connectivity index (χ1) is 20.4. The minimum Gasteiger partial charge on any atom is -0.508 e. The van der Waals surface area contributed by atoms with E-state index in [1.165, 1.54) is 13.2 Å². The standard InChI is InChI=1S/C35H34O7/c1-40-28-17-8-23(9-18-28)10-19-30(38)33-31(39)21-32(41-2)29-20-25(5-3-4-22-6-13-26(36)14-7-22)34(42-35(29)33)24-11-15-27(37)16-12-24/h3-4,6-9,11-18,21,25,34,36-37,39H,5,10,19-20H2,1-2H3/b4-3+/t25-,34-/m0/s1. The van der Waals surface area contributed by atoms with Crippen molar-refractivity contribution in [1.29, 1.82) is 0 Å². The average Bonchev–Trinajstić information content (AvgIpc) is 3.01. The van der Waals surface area contributed by atoms with E-state index in [4.69, 9.17) is 14.2 Å². The highest BCUT2D eigenvalue weighted by Gasteiger charge is 2.36. The van der Waals surface area contributed by atoms with Crippen molar-refractivity contribution < 1.29 is 34.3 Å². The Kier molecular flexibility index (Phi) is 8.67. The van der Waals surface area contributed by atoms with E-state index >= 15 is 0 Å². The van der Waals surface area contributed by atoms with Crippen molar-refractivity contribution in [2.45, 2.75) is 31.8 Å². The zero-order valence-corrected chi connectivity index (χ0v) is 23.6. The van der Waals surface area contributed by atoms with Gasteiger partial charge < -0.3 is 29.5 Å². The third-order valence-electron chi connectivity index (χ3n) is 7.62. The number of ketones is 1. The normalized spacial score (nSPS) is 16.0. The molecule has 1 aliphatic rings. The number of aromatic hydroxyl groups is 3. The summed E-state index contributed by atoms with van der Waals surface area (Å²) >= 11 is 0. The number of phenols is 3. The molecular weight excluding hydrogens is 532 g/mol. The Hall–Kier alpha value is -4.91. The Morgan fingerprint density at radius 3 is 2.21 bits per heavy atom. The van der Waals surface area contributed by atoms with Gasteiger partial charge in [-0.25, -0.2) is 0 Å². The van der Waals surface area contributed by atoms with Gasteiger partial charge in [-0.15, -0.1) is 0 Å². The Bertz CT molecular complexity index is 1560. The average molecular weight is 567 g/mol. The number of phenolic OH excluding ortho intramolecular Hbond substituents is 3. The Labute approximate surface area is 245 Å². The summed E-state index contributed by atoms with van der Waals surface area (Å²) in [6.07, 6.45) is 5.49. The van der Waals surface area contributed by atoms with Gasteiger partial charge in [-0.1, -0.05) is 48.6 Å². The number of fused-ring (bicyclic) bond motifs is 1. The fraction of sp³-hybridized carbons (Fsp3) is 0.229. The number of aryl methyl sites for hydroxylation is 1. The fourth-order valence-electron chi connectivity index (χ4n) is 5.38. The van der Waals surface area contributed by atoms with Gasteiger partial charge in [0, 0.05) is 24.0 Å². The smallest absolute Gasteiger partial charge is 0.170 e. The molecule has 1 aliphatic heterocycles. The van der Waals surface area contributed by atoms with Gasteiger partial charge in [0.25, 0.3) is 0 Å². The van der Waals surface area contributed by atoms with Crippen molar-refractivity contribution in [3.8, 4) is 34.5 Å². The highest BCUT2D eigenvalue weighted by atomic mass is 16.5. The molecule has 1 heterocycles. The molecule has 0 spiro atoms. The molecule has 0 bridgehead atoms. The number of hydrogen-bond acceptors (Lipinski definition) is 7. The van der Waals surface area contributed by atoms with Gasteiger partial charge in [0.1, 0.15) is 46.2 Å². The van der Waals surface area contributed by atoms with Crippen molar-refractivity contribution in [3.63, 3.8) is 0 Å². The molecule has 0 aromatic heterocycles. The summed E-state index contributed by atoms with van der Waals surface area (Å²) in [6, 6.07) is 22.9. The van der Waals surface area contributed by atoms with E-state index in [1.807, 2.05) is 54.6 Å². The van der Waals surface area contributed by atoms with Crippen LogP contribution in [0.15, 0.2) is 84.9 Å². The summed E-state index contributed by atoms with van der Waals surface area (Å²) in [5.74, 6) is 1.46. The van der Waals surface area contributed by atoms with Crippen molar-refractivity contribution >= 4 is 11.9 Å². The van der Waals surface area contributed by atoms with Crippen LogP contribution in [0.1, 0.15) is 51.6 Å². The van der Waals surface area contributed by atoms with Crippen molar-refractivity contribution in [2.24, 2.45) is 5.92 Å². The molecule has 5 rings (SSSR count). The van der Waals surface area contributed by atoms with Crippen molar-refractivity contribution in [3.05, 3.63) is 113 Å². The largest absolute Gasteiger partial charge is 0.508 e. The molecule has 4 aromatic carbocycles. The molecule has 3 N–H and O–H groups in total. The lowest BCUT2D eigenvalue weighted by atomic mass is 9.82. The van der Waals surface area contributed by atoms with Crippen LogP contribution in [0, 0.1) is 5.92 Å². The molecule has 0 radical (unpaired) electrons. The number of benzene rings is 4. The molecule has 4 aromatic rings. The molecule has 0 aliphatic carbocycles. The van der Waals surface area contributed by atoms with Crippen LogP contribution in [0.3, 0.4) is 0 Å². The van der Waals surface area contributed by atoms with E-state index in [0.29, 0.717) is 30.8 Å². The van der Waals surface area contributed by atoms with E-state index in [9.17, 15) is 20.1 Å². The summed E-state index contributed by atoms with van der Waals surface area (Å²) in [7, 11) is 3.14. The number of carbonyl (C=O) groups excluding carboxylic acids is 1. The quantitative estimate of drug-likeness (QED) is 0.177. The number of methoxy groups -OCH3 is 2. The predicted molar refractivity (Wildman–Crippen MR) is 161 cm³/mol. The van der Waals surface area contributed by atoms with Crippen LogP contribution in [0.4, 0.5) is 0 Å². The lowest BCUT2D eigenvalue weighted by molar-refractivity contribution is 0.0933. The molecule has 7 nitrogen and oxygen atoms in total. The highest BCUT2D eigenvalue weighted by molar-refractivity contribution is 6.02. The van der Waals surface area contributed by atoms with Crippen LogP contribution in [0.5, 0.6) is 34.5 Å². The zero-order chi connectivity index (χ0) is 29.6. The van der Waals surface area contributed by atoms with E-state index in [2.05, 4.69) is 6.08 Å². The molecular formula is C35H34O7. The maximum absolute atomic E-state index is 13.6. The molecule has 216 valence electrons. The van der Waals surface area contributed by atoms with Gasteiger partial charge in [-0.3, -0.25) is 4.79 Å². The van der Waals surface area contributed by atoms with Gasteiger partial charge in [0.05, 0.1) is 14.2 Å². The number of allylic oxidation sites excluding steroid dienone is 1. The van der Waals surface area contributed by atoms with Crippen LogP contribution in [0.25, 0.3) is 6.08 Å². The van der Waals surface area contributed by atoms with E-state index in [0.717, 1.165) is 28.0 Å². The maximum Gasteiger partial charge on any atom is 0.170 e. The second-order valence-corrected chi connectivity index (χ2v) is 10.4. The van der Waals surface area contributed by atoms with Gasteiger partial charge in [0.15, 0.2) is 5.78 Å². The number of ether oxygens (including phenoxy) is 3. The van der Waals surface area contributed by atoms with Gasteiger partial charge >= 0.3 is 0 Å². The van der Waals surface area contributed by atoms with Crippen LogP contribution in [-0.2, 0) is 12.8 Å². The highest BCUT2D eigenvalue weighted by Crippen LogP contribution is 2.49. The third-order valence-corrected chi connectivity index (χ3v) is 7.62. The van der Waals surface area contributed by atoms with Gasteiger partial charge in [-0.2, -0.15) is 0 Å². The second-order valence-electron chi connectivity index (χ2n) is 10.4. The maximum atomic E-state index is 13.6. The van der Waals surface area contributed by atoms with Crippen LogP contribution < -0.4 is 14.2 Å². The number of carbonyl (C=O) groups is 1. The molecule has 0 amide bonds. The van der Waals surface area contributed by atoms with Crippen LogP contribution in [0.2, 0.25) is 0 Å². The molecule has 0 unspecified atom stereocenters. The van der Waals surface area contributed by atoms with Crippen LogP contribution in [-0.4, -0.2) is 35.3 Å². The first-order valence-corrected chi connectivity index (χ1v) is 13.9. The van der Waals surface area contributed by atoms with E-state index in [1.54, 1.807) is 31.4 Å². The fourth-order valence-corrected chi connectivity index (χ4v) is 5.38. The SMILES string of the molecule is COc1ccc(CCC(=O)c2c(O)cc(OC)c3c2O[C@@H](c2ccc(O)cc2)[C@@H](C/C=C/c2ccc(O)cc2)C3)cc1. The monoisotopic (exact) mass is 566 g/mol. The Morgan fingerprint density at radius 2 is 1.57 bits per heavy atom. The lowest BCUT2D eigenvalue weighted by Crippen LogP contribution is -2.27. The van der Waals surface area contributed by atoms with Gasteiger partial charge in [-0.05, 0) is 72.4 Å². The summed E-state index contributed by atoms with van der Waals surface area (Å²) in [6.45, 7) is 0. The van der Waals surface area contributed by atoms with Crippen molar-refractivity contribution in [1.82, 2.24) is 0 Å². The molecule has 42 heavy (non-hydrogen) atoms. The minimum absolute atomic E-state index is 0.0314. The summed E-state index contributed by atoms with van der Waals surface area (Å²) in [5, 5.41) is 30.5.